The Morgan fingerprint density at radius 1 is 1.33 bits per heavy atom. The molecule has 1 aromatic rings. The summed E-state index contributed by atoms with van der Waals surface area (Å²) in [5.74, 6) is -0.774. The fourth-order valence-electron chi connectivity index (χ4n) is 2.52. The summed E-state index contributed by atoms with van der Waals surface area (Å²) in [6.45, 7) is 1.74. The maximum atomic E-state index is 13.5. The van der Waals surface area contributed by atoms with Crippen molar-refractivity contribution in [3.05, 3.63) is 33.6 Å². The lowest BCUT2D eigenvalue weighted by Gasteiger charge is -2.25. The fourth-order valence-corrected chi connectivity index (χ4v) is 3.07. The summed E-state index contributed by atoms with van der Waals surface area (Å²) in [4.78, 5) is 12.2. The first-order valence-corrected chi connectivity index (χ1v) is 7.33. The van der Waals surface area contributed by atoms with Crippen LogP contribution in [-0.2, 0) is 4.79 Å². The van der Waals surface area contributed by atoms with Crippen LogP contribution in [0.25, 0.3) is 0 Å². The van der Waals surface area contributed by atoms with E-state index < -0.39 is 17.4 Å². The SMILES string of the molecule is CC(NC(=O)C1(N)CCCC1)c1cc(F)c(Cl)cc1Cl.Cl. The molecule has 3 N–H and O–H groups in total. The lowest BCUT2D eigenvalue weighted by Crippen LogP contribution is -2.52. The van der Waals surface area contributed by atoms with Gasteiger partial charge in [-0.3, -0.25) is 4.79 Å². The van der Waals surface area contributed by atoms with E-state index in [4.69, 9.17) is 28.9 Å². The normalized spacial score (nSPS) is 18.0. The smallest absolute Gasteiger partial charge is 0.240 e. The molecule has 1 atom stereocenters. The lowest BCUT2D eigenvalue weighted by atomic mass is 9.97. The number of carbonyl (C=O) groups excluding carboxylic acids is 1. The first kappa shape index (κ1) is 18.5. The molecule has 0 heterocycles. The van der Waals surface area contributed by atoms with Gasteiger partial charge in [0.25, 0.3) is 0 Å². The van der Waals surface area contributed by atoms with Gasteiger partial charge in [-0.1, -0.05) is 36.0 Å². The average molecular weight is 356 g/mol. The van der Waals surface area contributed by atoms with Gasteiger partial charge in [0.1, 0.15) is 5.82 Å². The van der Waals surface area contributed by atoms with E-state index in [1.165, 1.54) is 12.1 Å². The first-order chi connectivity index (χ1) is 9.33. The summed E-state index contributed by atoms with van der Waals surface area (Å²) in [5.41, 5.74) is 5.76. The fraction of sp³-hybridized carbons (Fsp3) is 0.500. The van der Waals surface area contributed by atoms with Crippen molar-refractivity contribution in [1.29, 1.82) is 0 Å². The van der Waals surface area contributed by atoms with E-state index >= 15 is 0 Å². The second-order valence-corrected chi connectivity index (χ2v) is 6.16. The number of rotatable bonds is 3. The highest BCUT2D eigenvalue weighted by molar-refractivity contribution is 6.35. The number of hydrogen-bond acceptors (Lipinski definition) is 2. The molecular formula is C14H18Cl3FN2O. The number of hydrogen-bond donors (Lipinski definition) is 2. The topological polar surface area (TPSA) is 55.1 Å². The molecule has 0 saturated heterocycles. The van der Waals surface area contributed by atoms with Gasteiger partial charge in [0.2, 0.25) is 5.91 Å². The highest BCUT2D eigenvalue weighted by Gasteiger charge is 2.37. The molecule has 0 radical (unpaired) electrons. The lowest BCUT2D eigenvalue weighted by molar-refractivity contribution is -0.126. The highest BCUT2D eigenvalue weighted by atomic mass is 35.5. The molecule has 0 aliphatic heterocycles. The monoisotopic (exact) mass is 354 g/mol. The van der Waals surface area contributed by atoms with Crippen molar-refractivity contribution in [2.45, 2.75) is 44.2 Å². The van der Waals surface area contributed by atoms with Gasteiger partial charge in [-0.25, -0.2) is 4.39 Å². The van der Waals surface area contributed by atoms with E-state index in [1.54, 1.807) is 6.92 Å². The van der Waals surface area contributed by atoms with Crippen LogP contribution in [0.2, 0.25) is 10.0 Å². The first-order valence-electron chi connectivity index (χ1n) is 6.58. The number of nitrogens with two attached hydrogens (primary N) is 1. The average Bonchev–Trinajstić information content (AvgIpc) is 2.82. The van der Waals surface area contributed by atoms with Crippen LogP contribution < -0.4 is 11.1 Å². The molecule has 21 heavy (non-hydrogen) atoms. The molecule has 1 amide bonds. The van der Waals surface area contributed by atoms with Crippen LogP contribution in [0.4, 0.5) is 4.39 Å². The van der Waals surface area contributed by atoms with Crippen molar-refractivity contribution in [2.75, 3.05) is 0 Å². The Morgan fingerprint density at radius 3 is 2.48 bits per heavy atom. The van der Waals surface area contributed by atoms with E-state index in [0.717, 1.165) is 12.8 Å². The van der Waals surface area contributed by atoms with E-state index in [9.17, 15) is 9.18 Å². The molecule has 0 bridgehead atoms. The molecule has 0 spiro atoms. The van der Waals surface area contributed by atoms with Crippen LogP contribution in [-0.4, -0.2) is 11.4 Å². The van der Waals surface area contributed by atoms with E-state index in [2.05, 4.69) is 5.32 Å². The minimum Gasteiger partial charge on any atom is -0.348 e. The molecule has 0 aromatic heterocycles. The van der Waals surface area contributed by atoms with Crippen LogP contribution in [0.5, 0.6) is 0 Å². The molecule has 1 aliphatic rings. The number of carbonyl (C=O) groups is 1. The predicted molar refractivity (Wildman–Crippen MR) is 85.6 cm³/mol. The van der Waals surface area contributed by atoms with E-state index in [-0.39, 0.29) is 23.3 Å². The third kappa shape index (κ3) is 4.01. The van der Waals surface area contributed by atoms with E-state index in [0.29, 0.717) is 23.4 Å². The molecule has 1 fully saturated rings. The Morgan fingerprint density at radius 2 is 1.90 bits per heavy atom. The second-order valence-electron chi connectivity index (χ2n) is 5.35. The van der Waals surface area contributed by atoms with Gasteiger partial charge in [-0.15, -0.1) is 12.4 Å². The van der Waals surface area contributed by atoms with Crippen molar-refractivity contribution in [2.24, 2.45) is 5.73 Å². The molecule has 1 saturated carbocycles. The third-order valence-corrected chi connectivity index (χ3v) is 4.42. The van der Waals surface area contributed by atoms with Crippen molar-refractivity contribution in [1.82, 2.24) is 5.32 Å². The Bertz CT molecular complexity index is 533. The highest BCUT2D eigenvalue weighted by Crippen LogP contribution is 2.31. The molecule has 7 heteroatoms. The quantitative estimate of drug-likeness (QED) is 0.805. The summed E-state index contributed by atoms with van der Waals surface area (Å²) >= 11 is 11.7. The molecule has 3 nitrogen and oxygen atoms in total. The summed E-state index contributed by atoms with van der Waals surface area (Å²) in [6.07, 6.45) is 3.26. The number of halogens is 4. The summed E-state index contributed by atoms with van der Waals surface area (Å²) < 4.78 is 13.5. The van der Waals surface area contributed by atoms with Gasteiger partial charge in [0.15, 0.2) is 0 Å². The van der Waals surface area contributed by atoms with Crippen LogP contribution in [0.3, 0.4) is 0 Å². The molecule has 1 aliphatic carbocycles. The minimum atomic E-state index is -0.814. The summed E-state index contributed by atoms with van der Waals surface area (Å²) in [6, 6.07) is 2.15. The number of amides is 1. The number of benzene rings is 1. The van der Waals surface area contributed by atoms with Crippen LogP contribution in [0.15, 0.2) is 12.1 Å². The molecule has 118 valence electrons. The van der Waals surface area contributed by atoms with Gasteiger partial charge in [0.05, 0.1) is 16.6 Å². The maximum Gasteiger partial charge on any atom is 0.240 e. The van der Waals surface area contributed by atoms with Gasteiger partial charge in [-0.05, 0) is 37.5 Å². The summed E-state index contributed by atoms with van der Waals surface area (Å²) in [7, 11) is 0. The molecular weight excluding hydrogens is 338 g/mol. The van der Waals surface area contributed by atoms with Gasteiger partial charge in [-0.2, -0.15) is 0 Å². The number of nitrogens with one attached hydrogen (secondary N) is 1. The standard InChI is InChI=1S/C14H17Cl2FN2O.ClH/c1-8(9-6-12(17)11(16)7-10(9)15)19-13(20)14(18)4-2-3-5-14;/h6-8H,2-5,18H2,1H3,(H,19,20);1H. The molecule has 1 unspecified atom stereocenters. The van der Waals surface area contributed by atoms with Gasteiger partial charge >= 0.3 is 0 Å². The zero-order chi connectivity index (χ0) is 14.9. The van der Waals surface area contributed by atoms with Crippen LogP contribution in [0, 0.1) is 5.82 Å². The Labute approximate surface area is 139 Å². The van der Waals surface area contributed by atoms with Gasteiger partial charge in [0, 0.05) is 5.02 Å². The zero-order valence-electron chi connectivity index (χ0n) is 11.6. The predicted octanol–water partition coefficient (Wildman–Crippen LogP) is 4.00. The second kappa shape index (κ2) is 7.14. The maximum absolute atomic E-state index is 13.5. The van der Waals surface area contributed by atoms with Crippen LogP contribution >= 0.6 is 35.6 Å². The van der Waals surface area contributed by atoms with Gasteiger partial charge < -0.3 is 11.1 Å². The minimum absolute atomic E-state index is 0. The molecule has 1 aromatic carbocycles. The molecule has 2 rings (SSSR count). The van der Waals surface area contributed by atoms with Crippen molar-refractivity contribution in [3.63, 3.8) is 0 Å². The zero-order valence-corrected chi connectivity index (χ0v) is 13.9. The third-order valence-electron chi connectivity index (χ3n) is 3.80. The Kier molecular flexibility index (Phi) is 6.29. The van der Waals surface area contributed by atoms with Crippen molar-refractivity contribution >= 4 is 41.5 Å². The summed E-state index contributed by atoms with van der Waals surface area (Å²) in [5, 5.41) is 3.09. The largest absolute Gasteiger partial charge is 0.348 e. The Balaban J connectivity index is 0.00000220. The van der Waals surface area contributed by atoms with Crippen molar-refractivity contribution < 1.29 is 9.18 Å². The Hall–Kier alpha value is -0.550. The van der Waals surface area contributed by atoms with Crippen LogP contribution in [0.1, 0.15) is 44.2 Å². The van der Waals surface area contributed by atoms with E-state index in [1.807, 2.05) is 0 Å². The van der Waals surface area contributed by atoms with Crippen molar-refractivity contribution in [3.8, 4) is 0 Å².